The quantitative estimate of drug-likeness (QED) is 0.823. The van der Waals surface area contributed by atoms with E-state index >= 15 is 0 Å². The Morgan fingerprint density at radius 3 is 2.35 bits per heavy atom. The van der Waals surface area contributed by atoms with Gasteiger partial charge in [-0.3, -0.25) is 4.90 Å². The summed E-state index contributed by atoms with van der Waals surface area (Å²) in [6.07, 6.45) is 1.60. The van der Waals surface area contributed by atoms with E-state index in [1.807, 2.05) is 13.0 Å². The normalized spacial score (nSPS) is 11.5. The Hall–Kier alpha value is -1.16. The highest BCUT2D eigenvalue weighted by atomic mass is 15.2. The molecule has 4 heteroatoms. The van der Waals surface area contributed by atoms with E-state index < -0.39 is 0 Å². The molecule has 1 N–H and O–H groups in total. The zero-order valence-corrected chi connectivity index (χ0v) is 11.6. The van der Waals surface area contributed by atoms with Crippen LogP contribution in [-0.2, 0) is 0 Å². The number of rotatable bonds is 6. The van der Waals surface area contributed by atoms with Crippen LogP contribution in [0.1, 0.15) is 33.4 Å². The fourth-order valence-electron chi connectivity index (χ4n) is 1.98. The van der Waals surface area contributed by atoms with Crippen LogP contribution in [0.2, 0.25) is 0 Å². The maximum absolute atomic E-state index is 4.19. The first-order chi connectivity index (χ1) is 8.00. The van der Waals surface area contributed by atoms with Gasteiger partial charge >= 0.3 is 0 Å². The average Bonchev–Trinajstić information content (AvgIpc) is 2.23. The molecule has 0 saturated heterocycles. The zero-order valence-electron chi connectivity index (χ0n) is 11.6. The lowest BCUT2D eigenvalue weighted by molar-refractivity contribution is 0.182. The van der Waals surface area contributed by atoms with Crippen LogP contribution in [0.4, 0.5) is 5.82 Å². The molecule has 0 atom stereocenters. The molecular weight excluding hydrogens is 212 g/mol. The number of hydrogen-bond acceptors (Lipinski definition) is 4. The van der Waals surface area contributed by atoms with E-state index in [0.29, 0.717) is 12.1 Å². The molecular formula is C13H24N4. The first kappa shape index (κ1) is 13.9. The van der Waals surface area contributed by atoms with Crippen molar-refractivity contribution in [3.8, 4) is 0 Å². The molecule has 0 aliphatic heterocycles. The van der Waals surface area contributed by atoms with Crippen molar-refractivity contribution in [3.63, 3.8) is 0 Å². The molecule has 0 unspecified atom stereocenters. The summed E-state index contributed by atoms with van der Waals surface area (Å²) in [7, 11) is 0. The number of aromatic nitrogens is 2. The summed E-state index contributed by atoms with van der Waals surface area (Å²) in [5, 5.41) is 3.33. The fourth-order valence-corrected chi connectivity index (χ4v) is 1.98. The molecule has 17 heavy (non-hydrogen) atoms. The molecule has 0 aliphatic carbocycles. The summed E-state index contributed by atoms with van der Waals surface area (Å²) in [5.74, 6) is 0.907. The van der Waals surface area contributed by atoms with Crippen LogP contribution in [0, 0.1) is 6.92 Å². The minimum absolute atomic E-state index is 0.573. The van der Waals surface area contributed by atoms with E-state index in [9.17, 15) is 0 Å². The van der Waals surface area contributed by atoms with E-state index in [0.717, 1.165) is 24.6 Å². The summed E-state index contributed by atoms with van der Waals surface area (Å²) >= 11 is 0. The summed E-state index contributed by atoms with van der Waals surface area (Å²) in [5.41, 5.74) is 0.993. The van der Waals surface area contributed by atoms with Crippen LogP contribution in [0.15, 0.2) is 12.4 Å². The number of aryl methyl sites for hydroxylation is 1. The smallest absolute Gasteiger partial charge is 0.129 e. The molecule has 1 rings (SSSR count). The zero-order chi connectivity index (χ0) is 12.8. The summed E-state index contributed by atoms with van der Waals surface area (Å²) in [6.45, 7) is 12.8. The van der Waals surface area contributed by atoms with E-state index in [2.05, 4.69) is 47.9 Å². The average molecular weight is 236 g/mol. The summed E-state index contributed by atoms with van der Waals surface area (Å²) < 4.78 is 0. The maximum atomic E-state index is 4.19. The second-order valence-electron chi connectivity index (χ2n) is 4.90. The monoisotopic (exact) mass is 236 g/mol. The van der Waals surface area contributed by atoms with Crippen molar-refractivity contribution in [2.75, 3.05) is 18.4 Å². The van der Waals surface area contributed by atoms with Crippen LogP contribution < -0.4 is 5.32 Å². The summed E-state index contributed by atoms with van der Waals surface area (Å²) in [6, 6.07) is 3.11. The Morgan fingerprint density at radius 1 is 1.18 bits per heavy atom. The molecule has 0 saturated carbocycles. The first-order valence-corrected chi connectivity index (χ1v) is 6.29. The molecule has 1 aromatic rings. The van der Waals surface area contributed by atoms with Crippen LogP contribution >= 0.6 is 0 Å². The minimum atomic E-state index is 0.573. The Kier molecular flexibility index (Phi) is 5.35. The van der Waals surface area contributed by atoms with E-state index in [-0.39, 0.29) is 0 Å². The molecule has 0 amide bonds. The maximum Gasteiger partial charge on any atom is 0.129 e. The standard InChI is InChI=1S/C13H24N4/c1-10(2)17(11(3)4)7-6-14-13-8-12(5)15-9-16-13/h8-11H,6-7H2,1-5H3,(H,14,15,16). The molecule has 0 aliphatic rings. The Balaban J connectivity index is 2.41. The Bertz CT molecular complexity index is 328. The molecule has 4 nitrogen and oxygen atoms in total. The van der Waals surface area contributed by atoms with E-state index in [1.165, 1.54) is 0 Å². The first-order valence-electron chi connectivity index (χ1n) is 6.29. The third-order valence-electron chi connectivity index (χ3n) is 2.81. The molecule has 1 heterocycles. The van der Waals surface area contributed by atoms with Gasteiger partial charge in [-0.15, -0.1) is 0 Å². The van der Waals surface area contributed by atoms with E-state index in [1.54, 1.807) is 6.33 Å². The lowest BCUT2D eigenvalue weighted by atomic mass is 10.2. The predicted octanol–water partition coefficient (Wildman–Crippen LogP) is 2.32. The molecule has 1 aromatic heterocycles. The van der Waals surface area contributed by atoms with Crippen LogP contribution in [0.25, 0.3) is 0 Å². The van der Waals surface area contributed by atoms with E-state index in [4.69, 9.17) is 0 Å². The van der Waals surface area contributed by atoms with Gasteiger partial charge < -0.3 is 5.32 Å². The predicted molar refractivity (Wildman–Crippen MR) is 72.2 cm³/mol. The number of nitrogens with zero attached hydrogens (tertiary/aromatic N) is 3. The third kappa shape index (κ3) is 4.69. The fraction of sp³-hybridized carbons (Fsp3) is 0.692. The van der Waals surface area contributed by atoms with Crippen molar-refractivity contribution in [2.45, 2.75) is 46.7 Å². The van der Waals surface area contributed by atoms with Crippen molar-refractivity contribution < 1.29 is 0 Å². The van der Waals surface area contributed by atoms with Crippen molar-refractivity contribution in [2.24, 2.45) is 0 Å². The second-order valence-corrected chi connectivity index (χ2v) is 4.90. The molecule has 0 radical (unpaired) electrons. The van der Waals surface area contributed by atoms with Crippen molar-refractivity contribution >= 4 is 5.82 Å². The summed E-state index contributed by atoms with van der Waals surface area (Å²) in [4.78, 5) is 10.7. The highest BCUT2D eigenvalue weighted by molar-refractivity contribution is 5.34. The minimum Gasteiger partial charge on any atom is -0.369 e. The van der Waals surface area contributed by atoms with Gasteiger partial charge in [0.1, 0.15) is 12.1 Å². The Morgan fingerprint density at radius 2 is 1.82 bits per heavy atom. The van der Waals surface area contributed by atoms with Gasteiger partial charge in [0.15, 0.2) is 0 Å². The SMILES string of the molecule is Cc1cc(NCCN(C(C)C)C(C)C)ncn1. The second kappa shape index (κ2) is 6.55. The molecule has 96 valence electrons. The van der Waals surface area contributed by atoms with Crippen molar-refractivity contribution in [3.05, 3.63) is 18.1 Å². The molecule has 0 bridgehead atoms. The van der Waals surface area contributed by atoms with Crippen LogP contribution in [0.5, 0.6) is 0 Å². The lowest BCUT2D eigenvalue weighted by Crippen LogP contribution is -2.40. The largest absolute Gasteiger partial charge is 0.369 e. The van der Waals surface area contributed by atoms with Gasteiger partial charge in [0, 0.05) is 36.9 Å². The number of nitrogens with one attached hydrogen (secondary N) is 1. The van der Waals surface area contributed by atoms with Crippen LogP contribution in [-0.4, -0.2) is 40.0 Å². The third-order valence-corrected chi connectivity index (χ3v) is 2.81. The van der Waals surface area contributed by atoms with Gasteiger partial charge in [0.25, 0.3) is 0 Å². The number of hydrogen-bond donors (Lipinski definition) is 1. The van der Waals surface area contributed by atoms with Crippen LogP contribution in [0.3, 0.4) is 0 Å². The Labute approximate surface area is 104 Å². The van der Waals surface area contributed by atoms with Gasteiger partial charge in [-0.05, 0) is 34.6 Å². The topological polar surface area (TPSA) is 41.0 Å². The molecule has 0 spiro atoms. The van der Waals surface area contributed by atoms with Crippen molar-refractivity contribution in [1.82, 2.24) is 14.9 Å². The molecule has 0 fully saturated rings. The highest BCUT2D eigenvalue weighted by Crippen LogP contribution is 2.06. The molecule has 0 aromatic carbocycles. The highest BCUT2D eigenvalue weighted by Gasteiger charge is 2.12. The van der Waals surface area contributed by atoms with Gasteiger partial charge in [-0.1, -0.05) is 0 Å². The number of anilines is 1. The van der Waals surface area contributed by atoms with Gasteiger partial charge in [-0.2, -0.15) is 0 Å². The van der Waals surface area contributed by atoms with Gasteiger partial charge in [0.05, 0.1) is 0 Å². The van der Waals surface area contributed by atoms with Gasteiger partial charge in [-0.25, -0.2) is 9.97 Å². The van der Waals surface area contributed by atoms with Gasteiger partial charge in [0.2, 0.25) is 0 Å². The lowest BCUT2D eigenvalue weighted by Gasteiger charge is -2.30. The van der Waals surface area contributed by atoms with Crippen molar-refractivity contribution in [1.29, 1.82) is 0 Å².